The van der Waals surface area contributed by atoms with Crippen molar-refractivity contribution in [1.82, 2.24) is 18.9 Å². The van der Waals surface area contributed by atoms with E-state index in [0.29, 0.717) is 6.54 Å². The van der Waals surface area contributed by atoms with Crippen LogP contribution in [0, 0.1) is 0 Å². The number of hydrogen-bond donors (Lipinski definition) is 0. The van der Waals surface area contributed by atoms with Gasteiger partial charge in [-0.2, -0.15) is 0 Å². The summed E-state index contributed by atoms with van der Waals surface area (Å²) in [6.45, 7) is 5.91. The van der Waals surface area contributed by atoms with Crippen LogP contribution in [0.15, 0.2) is 29.1 Å². The lowest BCUT2D eigenvalue weighted by atomic mass is 10.3. The molecule has 1 aliphatic rings. The minimum Gasteiger partial charge on any atom is -0.339 e. The third-order valence-corrected chi connectivity index (χ3v) is 4.39. The van der Waals surface area contributed by atoms with E-state index in [1.165, 1.54) is 0 Å². The van der Waals surface area contributed by atoms with Crippen molar-refractivity contribution >= 4 is 16.9 Å². The number of fused-ring (bicyclic) bond motifs is 1. The topological polar surface area (TPSA) is 50.5 Å². The van der Waals surface area contributed by atoms with Crippen LogP contribution in [0.25, 0.3) is 11.0 Å². The van der Waals surface area contributed by atoms with Crippen LogP contribution in [0.1, 0.15) is 6.92 Å². The maximum Gasteiger partial charge on any atom is 0.329 e. The largest absolute Gasteiger partial charge is 0.339 e. The van der Waals surface area contributed by atoms with Crippen LogP contribution in [0.2, 0.25) is 0 Å². The highest BCUT2D eigenvalue weighted by atomic mass is 16.2. The Hall–Kier alpha value is -2.08. The molecule has 118 valence electrons. The number of piperazine rings is 1. The number of likely N-dealkylation sites (N-methyl/N-ethyl adjacent to an activating group) is 1. The fourth-order valence-corrected chi connectivity index (χ4v) is 3.02. The van der Waals surface area contributed by atoms with Crippen LogP contribution in [-0.4, -0.2) is 58.1 Å². The summed E-state index contributed by atoms with van der Waals surface area (Å²) >= 11 is 0. The van der Waals surface area contributed by atoms with Crippen LogP contribution in [0.3, 0.4) is 0 Å². The first-order chi connectivity index (χ1) is 10.6. The van der Waals surface area contributed by atoms with E-state index in [1.54, 1.807) is 9.13 Å². The standard InChI is InChI=1S/C16H22N4O2/c1-3-19-13-6-4-5-7-14(13)20(16(19)22)12-15(21)18-10-8-17(2)9-11-18/h4-7H,3,8-12H2,1-2H3. The average Bonchev–Trinajstić information content (AvgIpc) is 2.80. The summed E-state index contributed by atoms with van der Waals surface area (Å²) in [5, 5.41) is 0. The second-order valence-electron chi connectivity index (χ2n) is 5.79. The van der Waals surface area contributed by atoms with Crippen molar-refractivity contribution in [3.8, 4) is 0 Å². The van der Waals surface area contributed by atoms with E-state index in [-0.39, 0.29) is 18.1 Å². The van der Waals surface area contributed by atoms with Crippen molar-refractivity contribution in [3.63, 3.8) is 0 Å². The second kappa shape index (κ2) is 5.96. The highest BCUT2D eigenvalue weighted by molar-refractivity contribution is 5.81. The number of carbonyl (C=O) groups excluding carboxylic acids is 1. The predicted octanol–water partition coefficient (Wildman–Crippen LogP) is 0.597. The lowest BCUT2D eigenvalue weighted by Crippen LogP contribution is -2.48. The molecule has 2 aromatic rings. The van der Waals surface area contributed by atoms with Gasteiger partial charge >= 0.3 is 5.69 Å². The third-order valence-electron chi connectivity index (χ3n) is 4.39. The van der Waals surface area contributed by atoms with Crippen molar-refractivity contribution in [2.45, 2.75) is 20.0 Å². The molecule has 0 atom stereocenters. The molecule has 1 saturated heterocycles. The molecule has 0 aliphatic carbocycles. The second-order valence-corrected chi connectivity index (χ2v) is 5.79. The number of imidazole rings is 1. The van der Waals surface area contributed by atoms with E-state index >= 15 is 0 Å². The monoisotopic (exact) mass is 302 g/mol. The molecular weight excluding hydrogens is 280 g/mol. The number of amides is 1. The van der Waals surface area contributed by atoms with Gasteiger partial charge in [-0.3, -0.25) is 13.9 Å². The first-order valence-electron chi connectivity index (χ1n) is 7.76. The molecule has 0 radical (unpaired) electrons. The molecule has 0 N–H and O–H groups in total. The molecule has 1 amide bonds. The Morgan fingerprint density at radius 2 is 1.64 bits per heavy atom. The molecule has 0 saturated carbocycles. The molecule has 1 aromatic heterocycles. The molecule has 6 heteroatoms. The van der Waals surface area contributed by atoms with Crippen molar-refractivity contribution in [3.05, 3.63) is 34.7 Å². The number of carbonyl (C=O) groups is 1. The zero-order chi connectivity index (χ0) is 15.7. The molecule has 1 aliphatic heterocycles. The van der Waals surface area contributed by atoms with Crippen molar-refractivity contribution in [2.75, 3.05) is 33.2 Å². The lowest BCUT2D eigenvalue weighted by molar-refractivity contribution is -0.133. The zero-order valence-corrected chi connectivity index (χ0v) is 13.2. The Balaban J connectivity index is 1.89. The first kappa shape index (κ1) is 14.8. The van der Waals surface area contributed by atoms with Gasteiger partial charge in [-0.05, 0) is 26.1 Å². The van der Waals surface area contributed by atoms with Crippen molar-refractivity contribution in [2.24, 2.45) is 0 Å². The molecule has 22 heavy (non-hydrogen) atoms. The quantitative estimate of drug-likeness (QED) is 0.834. The highest BCUT2D eigenvalue weighted by Crippen LogP contribution is 2.13. The third kappa shape index (κ3) is 2.54. The van der Waals surface area contributed by atoms with Gasteiger partial charge in [-0.25, -0.2) is 4.79 Å². The van der Waals surface area contributed by atoms with E-state index in [4.69, 9.17) is 0 Å². The number of aromatic nitrogens is 2. The van der Waals surface area contributed by atoms with Crippen LogP contribution < -0.4 is 5.69 Å². The molecule has 1 aromatic carbocycles. The fraction of sp³-hybridized carbons (Fsp3) is 0.500. The summed E-state index contributed by atoms with van der Waals surface area (Å²) < 4.78 is 3.31. The molecule has 3 rings (SSSR count). The number of rotatable bonds is 3. The SMILES string of the molecule is CCn1c(=O)n(CC(=O)N2CCN(C)CC2)c2ccccc21. The van der Waals surface area contributed by atoms with Crippen LogP contribution in [-0.2, 0) is 17.9 Å². The van der Waals surface area contributed by atoms with Gasteiger partial charge in [0.15, 0.2) is 0 Å². The number of nitrogens with zero attached hydrogens (tertiary/aromatic N) is 4. The lowest BCUT2D eigenvalue weighted by Gasteiger charge is -2.32. The Labute approximate surface area is 129 Å². The Kier molecular flexibility index (Phi) is 4.02. The predicted molar refractivity (Wildman–Crippen MR) is 85.9 cm³/mol. The summed E-state index contributed by atoms with van der Waals surface area (Å²) in [5.74, 6) is 0.0224. The summed E-state index contributed by atoms with van der Waals surface area (Å²) in [7, 11) is 2.06. The summed E-state index contributed by atoms with van der Waals surface area (Å²) in [4.78, 5) is 29.1. The van der Waals surface area contributed by atoms with Crippen LogP contribution in [0.4, 0.5) is 0 Å². The number of para-hydroxylation sites is 2. The van der Waals surface area contributed by atoms with Gasteiger partial charge < -0.3 is 9.80 Å². The number of benzene rings is 1. The number of hydrogen-bond acceptors (Lipinski definition) is 3. The summed E-state index contributed by atoms with van der Waals surface area (Å²) in [5.41, 5.74) is 1.61. The maximum absolute atomic E-state index is 12.5. The molecule has 6 nitrogen and oxygen atoms in total. The molecule has 1 fully saturated rings. The fourth-order valence-electron chi connectivity index (χ4n) is 3.02. The van der Waals surface area contributed by atoms with E-state index in [1.807, 2.05) is 36.1 Å². The molecule has 0 spiro atoms. The minimum absolute atomic E-state index is 0.0224. The first-order valence-corrected chi connectivity index (χ1v) is 7.76. The summed E-state index contributed by atoms with van der Waals surface area (Å²) in [6, 6.07) is 7.65. The molecule has 0 bridgehead atoms. The minimum atomic E-state index is -0.105. The molecular formula is C16H22N4O2. The van der Waals surface area contributed by atoms with Gasteiger partial charge in [-0.1, -0.05) is 12.1 Å². The Morgan fingerprint density at radius 3 is 2.23 bits per heavy atom. The molecule has 2 heterocycles. The van der Waals surface area contributed by atoms with Crippen molar-refractivity contribution in [1.29, 1.82) is 0 Å². The van der Waals surface area contributed by atoms with Gasteiger partial charge in [0, 0.05) is 32.7 Å². The van der Waals surface area contributed by atoms with Crippen molar-refractivity contribution < 1.29 is 4.79 Å². The maximum atomic E-state index is 12.5. The van der Waals surface area contributed by atoms with Gasteiger partial charge in [-0.15, -0.1) is 0 Å². The van der Waals surface area contributed by atoms with E-state index in [0.717, 1.165) is 37.2 Å². The number of aryl methyl sites for hydroxylation is 1. The smallest absolute Gasteiger partial charge is 0.329 e. The average molecular weight is 302 g/mol. The van der Waals surface area contributed by atoms with Gasteiger partial charge in [0.2, 0.25) is 5.91 Å². The van der Waals surface area contributed by atoms with E-state index < -0.39 is 0 Å². The summed E-state index contributed by atoms with van der Waals surface area (Å²) in [6.07, 6.45) is 0. The van der Waals surface area contributed by atoms with E-state index in [9.17, 15) is 9.59 Å². The van der Waals surface area contributed by atoms with Gasteiger partial charge in [0.25, 0.3) is 0 Å². The Bertz CT molecular complexity index is 738. The van der Waals surface area contributed by atoms with E-state index in [2.05, 4.69) is 11.9 Å². The van der Waals surface area contributed by atoms with Gasteiger partial charge in [0.1, 0.15) is 6.54 Å². The van der Waals surface area contributed by atoms with Crippen LogP contribution in [0.5, 0.6) is 0 Å². The normalized spacial score (nSPS) is 16.4. The highest BCUT2D eigenvalue weighted by Gasteiger charge is 2.21. The zero-order valence-electron chi connectivity index (χ0n) is 13.2. The van der Waals surface area contributed by atoms with Gasteiger partial charge in [0.05, 0.1) is 11.0 Å². The Morgan fingerprint density at radius 1 is 1.05 bits per heavy atom. The molecule has 0 unspecified atom stereocenters. The van der Waals surface area contributed by atoms with Crippen LogP contribution >= 0.6 is 0 Å².